The van der Waals surface area contributed by atoms with Gasteiger partial charge < -0.3 is 37.6 Å². The molecule has 5 aromatic rings. The molecule has 1 unspecified atom stereocenters. The predicted molar refractivity (Wildman–Crippen MR) is 277 cm³/mol. The summed E-state index contributed by atoms with van der Waals surface area (Å²) < 4.78 is 40.9. The molecular weight excluding hydrogens is 917 g/mol. The van der Waals surface area contributed by atoms with E-state index in [0.717, 1.165) is 94.3 Å². The number of rotatable bonds is 18. The lowest BCUT2D eigenvalue weighted by atomic mass is 10.0. The van der Waals surface area contributed by atoms with Gasteiger partial charge in [-0.3, -0.25) is 9.80 Å². The van der Waals surface area contributed by atoms with Crippen molar-refractivity contribution in [3.8, 4) is 33.6 Å². The van der Waals surface area contributed by atoms with Gasteiger partial charge in [0.1, 0.15) is 43.0 Å². The molecule has 8 rings (SSSR count). The minimum absolute atomic E-state index is 0.221. The molecule has 5 heterocycles. The van der Waals surface area contributed by atoms with Crippen LogP contribution in [0.15, 0.2) is 85.1 Å². The highest BCUT2D eigenvalue weighted by molar-refractivity contribution is 6.76. The molecule has 70 heavy (non-hydrogen) atoms. The molecule has 0 bridgehead atoms. The summed E-state index contributed by atoms with van der Waals surface area (Å²) in [6, 6.07) is 28.2. The smallest absolute Gasteiger partial charge is 0.410 e. The summed E-state index contributed by atoms with van der Waals surface area (Å²) in [5, 5.41) is 0. The molecule has 3 fully saturated rings. The van der Waals surface area contributed by atoms with Crippen molar-refractivity contribution >= 4 is 28.3 Å². The van der Waals surface area contributed by atoms with Gasteiger partial charge in [0.15, 0.2) is 6.29 Å². The normalized spacial score (nSPS) is 19.7. The van der Waals surface area contributed by atoms with Crippen LogP contribution in [-0.4, -0.2) is 95.4 Å². The van der Waals surface area contributed by atoms with Crippen molar-refractivity contribution in [3.63, 3.8) is 0 Å². The highest BCUT2D eigenvalue weighted by Gasteiger charge is 2.41. The summed E-state index contributed by atoms with van der Waals surface area (Å²) in [6.07, 6.45) is 3.62. The molecule has 16 heteroatoms. The van der Waals surface area contributed by atoms with Gasteiger partial charge in [-0.25, -0.2) is 19.6 Å². The maximum Gasteiger partial charge on any atom is 0.410 e. The number of likely N-dealkylation sites (tertiary alicyclic amines) is 2. The fourth-order valence-corrected chi connectivity index (χ4v) is 10.6. The van der Waals surface area contributed by atoms with Crippen LogP contribution in [0.5, 0.6) is 0 Å². The first-order valence-electron chi connectivity index (χ1n) is 25.1. The topological polar surface area (TPSA) is 132 Å². The van der Waals surface area contributed by atoms with E-state index in [1.807, 2.05) is 62.9 Å². The average molecular weight is 991 g/mol. The molecule has 0 aliphatic carbocycles. The average Bonchev–Trinajstić information content (AvgIpc) is 4.13. The molecule has 14 nitrogen and oxygen atoms in total. The Kier molecular flexibility index (Phi) is 15.9. The first-order chi connectivity index (χ1) is 33.3. The third-order valence-corrected chi connectivity index (χ3v) is 16.4. The largest absolute Gasteiger partial charge is 0.445 e. The predicted octanol–water partition coefficient (Wildman–Crippen LogP) is 12.6. The van der Waals surface area contributed by atoms with E-state index in [9.17, 15) is 9.59 Å². The molecule has 0 saturated carbocycles. The van der Waals surface area contributed by atoms with E-state index in [1.165, 1.54) is 0 Å². The molecule has 0 radical (unpaired) electrons. The van der Waals surface area contributed by atoms with E-state index >= 15 is 0 Å². The lowest BCUT2D eigenvalue weighted by Gasteiger charge is -2.35. The SMILES string of the molecule is CC1OC(c2c(-c3ccc(-c4ccc(-c5cn(COCC[Si](C)(C)C)c([C@@H]6CCCN6C(=O)OCc6ccccc6)n5)cc4)cc3)nc(C3CCCN3C(=O)OC(C)(C)C)n2COCC[Si](C)(C)C)O1. The van der Waals surface area contributed by atoms with Gasteiger partial charge >= 0.3 is 12.2 Å². The third-order valence-electron chi connectivity index (χ3n) is 13.0. The third kappa shape index (κ3) is 12.9. The minimum Gasteiger partial charge on any atom is -0.445 e. The lowest BCUT2D eigenvalue weighted by Crippen LogP contribution is -2.38. The Bertz CT molecular complexity index is 2540. The molecule has 3 saturated heterocycles. The number of amides is 2. The second-order valence-corrected chi connectivity index (χ2v) is 33.6. The van der Waals surface area contributed by atoms with E-state index < -0.39 is 28.0 Å². The summed E-state index contributed by atoms with van der Waals surface area (Å²) in [6.45, 7) is 25.0. The van der Waals surface area contributed by atoms with Crippen LogP contribution in [0.1, 0.15) is 94.7 Å². The Morgan fingerprint density at radius 2 is 1.23 bits per heavy atom. The molecule has 376 valence electrons. The van der Waals surface area contributed by atoms with Crippen LogP contribution in [0.25, 0.3) is 33.6 Å². The van der Waals surface area contributed by atoms with Gasteiger partial charge in [-0.05, 0) is 82.2 Å². The number of benzene rings is 3. The Hall–Kier alpha value is -5.11. The number of carbonyl (C=O) groups is 2. The van der Waals surface area contributed by atoms with Crippen LogP contribution in [0, 0.1) is 0 Å². The van der Waals surface area contributed by atoms with E-state index in [-0.39, 0.29) is 43.9 Å². The summed E-state index contributed by atoms with van der Waals surface area (Å²) in [7, 11) is -2.64. The van der Waals surface area contributed by atoms with Crippen LogP contribution in [-0.2, 0) is 48.5 Å². The second kappa shape index (κ2) is 21.7. The second-order valence-electron chi connectivity index (χ2n) is 22.3. The van der Waals surface area contributed by atoms with Gasteiger partial charge in [0.05, 0.1) is 23.5 Å². The van der Waals surface area contributed by atoms with Gasteiger partial charge in [-0.15, -0.1) is 0 Å². The highest BCUT2D eigenvalue weighted by atomic mass is 28.3. The maximum atomic E-state index is 13.6. The van der Waals surface area contributed by atoms with Crippen molar-refractivity contribution < 1.29 is 38.0 Å². The van der Waals surface area contributed by atoms with Crippen molar-refractivity contribution in [2.24, 2.45) is 0 Å². The fraction of sp³-hybridized carbons (Fsp3) is 0.519. The van der Waals surface area contributed by atoms with Crippen molar-refractivity contribution in [1.29, 1.82) is 0 Å². The summed E-state index contributed by atoms with van der Waals surface area (Å²) in [4.78, 5) is 41.3. The number of aromatic nitrogens is 4. The maximum absolute atomic E-state index is 13.6. The Labute approximate surface area is 416 Å². The molecule has 3 aromatic carbocycles. The number of nitrogens with zero attached hydrogens (tertiary/aromatic N) is 6. The summed E-state index contributed by atoms with van der Waals surface area (Å²) in [5.74, 6) is 1.54. The number of hydrogen-bond donors (Lipinski definition) is 0. The first kappa shape index (κ1) is 51.3. The Balaban J connectivity index is 1.05. The molecule has 2 amide bonds. The van der Waals surface area contributed by atoms with Gasteiger partial charge in [0.2, 0.25) is 6.29 Å². The van der Waals surface area contributed by atoms with Crippen LogP contribution in [0.3, 0.4) is 0 Å². The van der Waals surface area contributed by atoms with Gasteiger partial charge in [0, 0.05) is 59.8 Å². The molecule has 0 N–H and O–H groups in total. The quantitative estimate of drug-likeness (QED) is 0.0617. The van der Waals surface area contributed by atoms with E-state index in [4.69, 9.17) is 38.4 Å². The monoisotopic (exact) mass is 991 g/mol. The molecule has 3 aliphatic rings. The molecule has 0 spiro atoms. The van der Waals surface area contributed by atoms with E-state index in [2.05, 4.69) is 103 Å². The van der Waals surface area contributed by atoms with Crippen molar-refractivity contribution in [2.45, 2.75) is 155 Å². The summed E-state index contributed by atoms with van der Waals surface area (Å²) >= 11 is 0. The van der Waals surface area contributed by atoms with E-state index in [0.29, 0.717) is 33.0 Å². The molecular formula is C54H74N6O8Si2. The first-order valence-corrected chi connectivity index (χ1v) is 32.5. The highest BCUT2D eigenvalue weighted by Crippen LogP contribution is 2.43. The van der Waals surface area contributed by atoms with Crippen LogP contribution in [0.4, 0.5) is 9.59 Å². The summed E-state index contributed by atoms with van der Waals surface area (Å²) in [5.41, 5.74) is 6.62. The number of imidazole rings is 2. The van der Waals surface area contributed by atoms with Crippen molar-refractivity contribution in [3.05, 3.63) is 108 Å². The van der Waals surface area contributed by atoms with Crippen molar-refractivity contribution in [2.75, 3.05) is 26.3 Å². The zero-order valence-corrected chi connectivity index (χ0v) is 45.0. The molecule has 3 aliphatic heterocycles. The van der Waals surface area contributed by atoms with Gasteiger partial charge in [0.25, 0.3) is 0 Å². The minimum atomic E-state index is -1.35. The Morgan fingerprint density at radius 3 is 1.80 bits per heavy atom. The van der Waals surface area contributed by atoms with Crippen molar-refractivity contribution in [1.82, 2.24) is 28.9 Å². The number of hydrogen-bond acceptors (Lipinski definition) is 10. The van der Waals surface area contributed by atoms with Gasteiger partial charge in [-0.2, -0.15) is 0 Å². The number of ether oxygens (including phenoxy) is 6. The van der Waals surface area contributed by atoms with Gasteiger partial charge in [-0.1, -0.05) is 118 Å². The lowest BCUT2D eigenvalue weighted by molar-refractivity contribution is -0.384. The van der Waals surface area contributed by atoms with Crippen LogP contribution >= 0.6 is 0 Å². The molecule has 2 aromatic heterocycles. The van der Waals surface area contributed by atoms with Crippen LogP contribution in [0.2, 0.25) is 51.4 Å². The fourth-order valence-electron chi connectivity index (χ4n) is 9.11. The standard InChI is InChI=1S/C54H74N6O8Si2/c1-38-66-51(67-38)48-47(56-50(60(48)37-64-31-33-70(8,9)10)46-19-15-29-59(46)53(62)68-54(2,3)4)43-26-22-41(23-27-43)40-20-24-42(25-21-40)44-34-57(36-63-30-32-69(5,6)7)49(55-44)45-18-14-28-58(45)52(61)65-35-39-16-12-11-13-17-39/h11-13,16-17,20-27,34,38,45-46,51H,14-15,18-19,28-33,35-37H2,1-10H3/t38?,45-,46?,51?/m0/s1. The zero-order valence-electron chi connectivity index (χ0n) is 43.0. The molecule has 2 atom stereocenters. The Morgan fingerprint density at radius 1 is 0.686 bits per heavy atom. The van der Waals surface area contributed by atoms with Crippen LogP contribution < -0.4 is 0 Å². The zero-order chi connectivity index (χ0) is 49.8. The number of carbonyl (C=O) groups excluding carboxylic acids is 2. The van der Waals surface area contributed by atoms with E-state index in [1.54, 1.807) is 4.90 Å².